The SMILES string of the molecule is CCCc1[nH]c(C(=O)OC(C)(C)C)c(C)c1C(=O)OCC. The Balaban J connectivity index is 3.20. The van der Waals surface area contributed by atoms with Gasteiger partial charge in [-0.1, -0.05) is 13.3 Å². The minimum absolute atomic E-state index is 0.302. The lowest BCUT2D eigenvalue weighted by Crippen LogP contribution is -2.24. The van der Waals surface area contributed by atoms with Gasteiger partial charge in [-0.25, -0.2) is 9.59 Å². The summed E-state index contributed by atoms with van der Waals surface area (Å²) in [4.78, 5) is 27.4. The molecule has 0 aliphatic rings. The van der Waals surface area contributed by atoms with Gasteiger partial charge >= 0.3 is 11.9 Å². The summed E-state index contributed by atoms with van der Waals surface area (Å²) in [5.41, 5.74) is 1.53. The summed E-state index contributed by atoms with van der Waals surface area (Å²) in [6.45, 7) is 11.2. The molecule has 1 N–H and O–H groups in total. The first-order valence-corrected chi connectivity index (χ1v) is 7.33. The van der Waals surface area contributed by atoms with Crippen LogP contribution in [0.15, 0.2) is 0 Å². The van der Waals surface area contributed by atoms with E-state index in [1.807, 2.05) is 27.7 Å². The van der Waals surface area contributed by atoms with E-state index >= 15 is 0 Å². The predicted octanol–water partition coefficient (Wildman–Crippen LogP) is 3.41. The maximum atomic E-state index is 12.2. The fourth-order valence-corrected chi connectivity index (χ4v) is 2.11. The van der Waals surface area contributed by atoms with Gasteiger partial charge in [0, 0.05) is 5.69 Å². The summed E-state index contributed by atoms with van der Waals surface area (Å²) in [5.74, 6) is -0.850. The molecule has 0 saturated carbocycles. The molecule has 0 atom stereocenters. The average Bonchev–Trinajstić information content (AvgIpc) is 2.65. The highest BCUT2D eigenvalue weighted by molar-refractivity contribution is 5.98. The van der Waals surface area contributed by atoms with E-state index in [0.717, 1.165) is 12.1 Å². The highest BCUT2D eigenvalue weighted by Crippen LogP contribution is 2.23. The summed E-state index contributed by atoms with van der Waals surface area (Å²) < 4.78 is 10.4. The molecule has 0 aliphatic carbocycles. The van der Waals surface area contributed by atoms with Crippen LogP contribution in [0.1, 0.15) is 73.1 Å². The van der Waals surface area contributed by atoms with Crippen molar-refractivity contribution in [1.82, 2.24) is 4.98 Å². The highest BCUT2D eigenvalue weighted by Gasteiger charge is 2.27. The molecule has 0 amide bonds. The molecule has 118 valence electrons. The molecule has 0 fully saturated rings. The van der Waals surface area contributed by atoms with Gasteiger partial charge in [-0.15, -0.1) is 0 Å². The van der Waals surface area contributed by atoms with E-state index in [9.17, 15) is 9.59 Å². The van der Waals surface area contributed by atoms with Gasteiger partial charge in [0.05, 0.1) is 12.2 Å². The molecule has 0 aliphatic heterocycles. The molecule has 0 spiro atoms. The van der Waals surface area contributed by atoms with Crippen LogP contribution in [0.3, 0.4) is 0 Å². The largest absolute Gasteiger partial charge is 0.462 e. The molecule has 0 radical (unpaired) electrons. The van der Waals surface area contributed by atoms with E-state index in [1.165, 1.54) is 0 Å². The highest BCUT2D eigenvalue weighted by atomic mass is 16.6. The van der Waals surface area contributed by atoms with Crippen LogP contribution in [0.2, 0.25) is 0 Å². The number of esters is 2. The molecule has 5 heteroatoms. The molecular formula is C16H25NO4. The number of hydrogen-bond donors (Lipinski definition) is 1. The smallest absolute Gasteiger partial charge is 0.355 e. The molecule has 1 heterocycles. The molecule has 1 aromatic heterocycles. The van der Waals surface area contributed by atoms with Gasteiger partial charge in [-0.3, -0.25) is 0 Å². The van der Waals surface area contributed by atoms with E-state index < -0.39 is 17.5 Å². The monoisotopic (exact) mass is 295 g/mol. The van der Waals surface area contributed by atoms with Crippen LogP contribution in [0, 0.1) is 6.92 Å². The first-order valence-electron chi connectivity index (χ1n) is 7.33. The third kappa shape index (κ3) is 4.34. The Morgan fingerprint density at radius 3 is 2.24 bits per heavy atom. The molecular weight excluding hydrogens is 270 g/mol. The van der Waals surface area contributed by atoms with Gasteiger partial charge in [-0.2, -0.15) is 0 Å². The van der Waals surface area contributed by atoms with E-state index in [2.05, 4.69) is 4.98 Å². The summed E-state index contributed by atoms with van der Waals surface area (Å²) in [6.07, 6.45) is 1.54. The molecule has 1 rings (SSSR count). The first kappa shape index (κ1) is 17.3. The predicted molar refractivity (Wildman–Crippen MR) is 80.6 cm³/mol. The van der Waals surface area contributed by atoms with Gasteiger partial charge in [0.25, 0.3) is 0 Å². The number of ether oxygens (including phenoxy) is 2. The zero-order chi connectivity index (χ0) is 16.2. The number of carbonyl (C=O) groups is 2. The van der Waals surface area contributed by atoms with Crippen LogP contribution < -0.4 is 0 Å². The van der Waals surface area contributed by atoms with Crippen molar-refractivity contribution in [1.29, 1.82) is 0 Å². The zero-order valence-electron chi connectivity index (χ0n) is 13.8. The first-order chi connectivity index (χ1) is 9.71. The van der Waals surface area contributed by atoms with Crippen LogP contribution >= 0.6 is 0 Å². The van der Waals surface area contributed by atoms with E-state index in [4.69, 9.17) is 9.47 Å². The lowest BCUT2D eigenvalue weighted by Gasteiger charge is -2.19. The fraction of sp³-hybridized carbons (Fsp3) is 0.625. The minimum atomic E-state index is -0.580. The van der Waals surface area contributed by atoms with Crippen molar-refractivity contribution >= 4 is 11.9 Å². The Hall–Kier alpha value is -1.78. The van der Waals surface area contributed by atoms with Crippen molar-refractivity contribution in [3.8, 4) is 0 Å². The van der Waals surface area contributed by atoms with Gasteiger partial charge in [-0.05, 0) is 46.6 Å². The van der Waals surface area contributed by atoms with E-state index in [1.54, 1.807) is 13.8 Å². The van der Waals surface area contributed by atoms with Crippen molar-refractivity contribution < 1.29 is 19.1 Å². The Kier molecular flexibility index (Phi) is 5.58. The van der Waals surface area contributed by atoms with Crippen LogP contribution in [0.4, 0.5) is 0 Å². The van der Waals surface area contributed by atoms with Gasteiger partial charge in [0.15, 0.2) is 0 Å². The van der Waals surface area contributed by atoms with Crippen LogP contribution in [0.5, 0.6) is 0 Å². The number of carbonyl (C=O) groups excluding carboxylic acids is 2. The molecule has 0 aromatic carbocycles. The van der Waals surface area contributed by atoms with Gasteiger partial charge < -0.3 is 14.5 Å². The Labute approximate surface area is 126 Å². The summed E-state index contributed by atoms with van der Waals surface area (Å²) in [7, 11) is 0. The second kappa shape index (κ2) is 6.78. The average molecular weight is 295 g/mol. The molecule has 0 unspecified atom stereocenters. The van der Waals surface area contributed by atoms with Crippen LogP contribution in [0.25, 0.3) is 0 Å². The number of hydrogen-bond acceptors (Lipinski definition) is 4. The van der Waals surface area contributed by atoms with Crippen molar-refractivity contribution in [3.63, 3.8) is 0 Å². The van der Waals surface area contributed by atoms with E-state index in [0.29, 0.717) is 29.8 Å². The van der Waals surface area contributed by atoms with Gasteiger partial charge in [0.2, 0.25) is 0 Å². The van der Waals surface area contributed by atoms with Crippen molar-refractivity contribution in [2.45, 2.75) is 60.0 Å². The zero-order valence-corrected chi connectivity index (χ0v) is 13.8. The number of rotatable bonds is 5. The molecule has 0 saturated heterocycles. The van der Waals surface area contributed by atoms with Crippen molar-refractivity contribution in [2.75, 3.05) is 6.61 Å². The third-order valence-electron chi connectivity index (χ3n) is 2.91. The summed E-state index contributed by atoms with van der Waals surface area (Å²) in [5, 5.41) is 0. The Morgan fingerprint density at radius 2 is 1.76 bits per heavy atom. The second-order valence-corrected chi connectivity index (χ2v) is 5.95. The molecule has 0 bridgehead atoms. The summed E-state index contributed by atoms with van der Waals surface area (Å²) in [6, 6.07) is 0. The Morgan fingerprint density at radius 1 is 1.14 bits per heavy atom. The standard InChI is InChI=1S/C16H25NO4/c1-7-9-11-12(14(18)20-8-2)10(3)13(17-11)15(19)21-16(4,5)6/h17H,7-9H2,1-6H3. The van der Waals surface area contributed by atoms with Gasteiger partial charge in [0.1, 0.15) is 11.3 Å². The lowest BCUT2D eigenvalue weighted by molar-refractivity contribution is 0.00626. The fourth-order valence-electron chi connectivity index (χ4n) is 2.11. The topological polar surface area (TPSA) is 68.4 Å². The molecule has 5 nitrogen and oxygen atoms in total. The lowest BCUT2D eigenvalue weighted by atomic mass is 10.1. The number of aryl methyl sites for hydroxylation is 1. The number of H-pyrrole nitrogens is 1. The number of aromatic nitrogens is 1. The minimum Gasteiger partial charge on any atom is -0.462 e. The quantitative estimate of drug-likeness (QED) is 0.845. The summed E-state index contributed by atoms with van der Waals surface area (Å²) >= 11 is 0. The Bertz CT molecular complexity index is 523. The van der Waals surface area contributed by atoms with E-state index in [-0.39, 0.29) is 0 Å². The number of aromatic amines is 1. The normalized spacial score (nSPS) is 11.3. The van der Waals surface area contributed by atoms with Crippen LogP contribution in [-0.4, -0.2) is 29.1 Å². The van der Waals surface area contributed by atoms with Crippen molar-refractivity contribution in [3.05, 3.63) is 22.5 Å². The maximum absolute atomic E-state index is 12.2. The maximum Gasteiger partial charge on any atom is 0.355 e. The van der Waals surface area contributed by atoms with Crippen LogP contribution in [-0.2, 0) is 15.9 Å². The second-order valence-electron chi connectivity index (χ2n) is 5.95. The van der Waals surface area contributed by atoms with Crippen molar-refractivity contribution in [2.24, 2.45) is 0 Å². The molecule has 1 aromatic rings. The molecule has 21 heavy (non-hydrogen) atoms. The number of nitrogens with one attached hydrogen (secondary N) is 1. The third-order valence-corrected chi connectivity index (χ3v) is 2.91.